The average Bonchev–Trinajstić information content (AvgIpc) is 3.00. The van der Waals surface area contributed by atoms with Crippen molar-refractivity contribution in [2.24, 2.45) is 0 Å². The van der Waals surface area contributed by atoms with Crippen molar-refractivity contribution < 1.29 is 18.9 Å². The van der Waals surface area contributed by atoms with Crippen LogP contribution in [-0.4, -0.2) is 13.9 Å². The first-order valence-electron chi connectivity index (χ1n) is 6.39. The molecule has 3 rings (SSSR count). The molecule has 21 heavy (non-hydrogen) atoms. The van der Waals surface area contributed by atoms with Gasteiger partial charge in [0.1, 0.15) is 24.2 Å². The summed E-state index contributed by atoms with van der Waals surface area (Å²) in [5.41, 5.74) is 1.42. The van der Waals surface area contributed by atoms with Gasteiger partial charge in [-0.1, -0.05) is 6.07 Å². The Kier molecular flexibility index (Phi) is 3.52. The van der Waals surface area contributed by atoms with Crippen molar-refractivity contribution in [3.8, 4) is 29.1 Å². The largest absolute Gasteiger partial charge is 0.495 e. The van der Waals surface area contributed by atoms with Gasteiger partial charge in [0.05, 0.1) is 12.7 Å². The maximum absolute atomic E-state index is 8.95. The van der Waals surface area contributed by atoms with Crippen LogP contribution >= 0.6 is 0 Å². The summed E-state index contributed by atoms with van der Waals surface area (Å²) < 4.78 is 21.4. The maximum atomic E-state index is 8.95. The summed E-state index contributed by atoms with van der Waals surface area (Å²) in [6.45, 7) is 0.618. The molecular weight excluding hydrogens is 270 g/mol. The van der Waals surface area contributed by atoms with E-state index in [4.69, 9.17) is 24.2 Å². The minimum Gasteiger partial charge on any atom is -0.495 e. The lowest BCUT2D eigenvalue weighted by Gasteiger charge is -2.09. The van der Waals surface area contributed by atoms with E-state index in [-0.39, 0.29) is 6.79 Å². The van der Waals surface area contributed by atoms with Crippen molar-refractivity contribution in [3.63, 3.8) is 0 Å². The molecule has 2 aromatic carbocycles. The molecule has 1 heterocycles. The highest BCUT2D eigenvalue weighted by atomic mass is 16.7. The van der Waals surface area contributed by atoms with Gasteiger partial charge < -0.3 is 18.9 Å². The van der Waals surface area contributed by atoms with Crippen LogP contribution < -0.4 is 18.9 Å². The van der Waals surface area contributed by atoms with E-state index in [0.717, 1.165) is 11.3 Å². The lowest BCUT2D eigenvalue weighted by molar-refractivity contribution is 0.173. The molecule has 0 spiro atoms. The molecule has 1 aliphatic heterocycles. The Bertz CT molecular complexity index is 706. The average molecular weight is 283 g/mol. The summed E-state index contributed by atoms with van der Waals surface area (Å²) >= 11 is 0. The zero-order valence-electron chi connectivity index (χ0n) is 11.5. The number of hydrogen-bond donors (Lipinski definition) is 0. The highest BCUT2D eigenvalue weighted by Gasteiger charge is 2.13. The first-order valence-corrected chi connectivity index (χ1v) is 6.39. The van der Waals surface area contributed by atoms with Crippen molar-refractivity contribution in [2.45, 2.75) is 6.61 Å². The van der Waals surface area contributed by atoms with Gasteiger partial charge in [-0.15, -0.1) is 0 Å². The number of hydrogen-bond acceptors (Lipinski definition) is 5. The summed E-state index contributed by atoms with van der Waals surface area (Å²) in [5.74, 6) is 2.65. The number of methoxy groups -OCH3 is 1. The van der Waals surface area contributed by atoms with Gasteiger partial charge in [-0.05, 0) is 29.8 Å². The van der Waals surface area contributed by atoms with E-state index in [1.54, 1.807) is 25.3 Å². The van der Waals surface area contributed by atoms with Crippen molar-refractivity contribution in [1.29, 1.82) is 5.26 Å². The van der Waals surface area contributed by atoms with Crippen LogP contribution in [0.15, 0.2) is 36.4 Å². The van der Waals surface area contributed by atoms with Crippen LogP contribution in [0.3, 0.4) is 0 Å². The second kappa shape index (κ2) is 5.63. The molecule has 0 aromatic heterocycles. The molecule has 5 nitrogen and oxygen atoms in total. The Hall–Kier alpha value is -2.87. The molecule has 0 saturated carbocycles. The molecule has 0 atom stereocenters. The number of fused-ring (bicyclic) bond motifs is 1. The summed E-state index contributed by atoms with van der Waals surface area (Å²) in [4.78, 5) is 0. The SMILES string of the molecule is COc1cc(COc2ccc3c(c2)OCO3)ccc1C#N. The van der Waals surface area contributed by atoms with Gasteiger partial charge >= 0.3 is 0 Å². The monoisotopic (exact) mass is 283 g/mol. The van der Waals surface area contributed by atoms with E-state index in [2.05, 4.69) is 6.07 Å². The molecule has 0 saturated heterocycles. The number of nitriles is 1. The van der Waals surface area contributed by atoms with Crippen LogP contribution in [0, 0.1) is 11.3 Å². The van der Waals surface area contributed by atoms with Gasteiger partial charge in [-0.2, -0.15) is 5.26 Å². The molecule has 0 aliphatic carbocycles. The predicted molar refractivity (Wildman–Crippen MR) is 74.6 cm³/mol. The fourth-order valence-corrected chi connectivity index (χ4v) is 2.05. The summed E-state index contributed by atoms with van der Waals surface area (Å²) in [5, 5.41) is 8.95. The minimum atomic E-state index is 0.242. The maximum Gasteiger partial charge on any atom is 0.231 e. The molecule has 0 N–H and O–H groups in total. The second-order valence-corrected chi connectivity index (χ2v) is 4.45. The number of ether oxygens (including phenoxy) is 4. The highest BCUT2D eigenvalue weighted by Crippen LogP contribution is 2.35. The molecular formula is C16H13NO4. The second-order valence-electron chi connectivity index (χ2n) is 4.45. The first kappa shape index (κ1) is 13.1. The van der Waals surface area contributed by atoms with E-state index in [9.17, 15) is 0 Å². The standard InChI is InChI=1S/C16H13NO4/c1-18-15-6-11(2-3-12(15)8-17)9-19-13-4-5-14-16(7-13)21-10-20-14/h2-7H,9-10H2,1H3. The van der Waals surface area contributed by atoms with E-state index in [1.807, 2.05) is 18.2 Å². The minimum absolute atomic E-state index is 0.242. The van der Waals surface area contributed by atoms with Gasteiger partial charge in [0.25, 0.3) is 0 Å². The Labute approximate surface area is 122 Å². The van der Waals surface area contributed by atoms with E-state index < -0.39 is 0 Å². The molecule has 106 valence electrons. The van der Waals surface area contributed by atoms with Crippen LogP contribution in [0.1, 0.15) is 11.1 Å². The summed E-state index contributed by atoms with van der Waals surface area (Å²) in [6, 6.07) is 12.9. The third-order valence-electron chi connectivity index (χ3n) is 3.14. The van der Waals surface area contributed by atoms with Crippen LogP contribution in [0.5, 0.6) is 23.0 Å². The van der Waals surface area contributed by atoms with Crippen molar-refractivity contribution in [2.75, 3.05) is 13.9 Å². The normalized spacial score (nSPS) is 11.8. The summed E-state index contributed by atoms with van der Waals surface area (Å²) in [7, 11) is 1.54. The van der Waals surface area contributed by atoms with Gasteiger partial charge in [-0.3, -0.25) is 0 Å². The van der Waals surface area contributed by atoms with Gasteiger partial charge in [0.2, 0.25) is 6.79 Å². The Morgan fingerprint density at radius 1 is 1.14 bits per heavy atom. The summed E-state index contributed by atoms with van der Waals surface area (Å²) in [6.07, 6.45) is 0. The van der Waals surface area contributed by atoms with E-state index >= 15 is 0 Å². The van der Waals surface area contributed by atoms with Crippen LogP contribution in [-0.2, 0) is 6.61 Å². The smallest absolute Gasteiger partial charge is 0.231 e. The fourth-order valence-electron chi connectivity index (χ4n) is 2.05. The lowest BCUT2D eigenvalue weighted by atomic mass is 10.1. The first-order chi connectivity index (χ1) is 10.3. The van der Waals surface area contributed by atoms with Crippen molar-refractivity contribution in [1.82, 2.24) is 0 Å². The van der Waals surface area contributed by atoms with Gasteiger partial charge in [0, 0.05) is 6.07 Å². The van der Waals surface area contributed by atoms with Crippen molar-refractivity contribution >= 4 is 0 Å². The number of benzene rings is 2. The molecule has 5 heteroatoms. The highest BCUT2D eigenvalue weighted by molar-refractivity contribution is 5.47. The molecule has 2 aromatic rings. The molecule has 0 bridgehead atoms. The van der Waals surface area contributed by atoms with E-state index in [1.165, 1.54) is 0 Å². The number of rotatable bonds is 4. The Morgan fingerprint density at radius 2 is 2.00 bits per heavy atom. The van der Waals surface area contributed by atoms with Gasteiger partial charge in [0.15, 0.2) is 11.5 Å². The molecule has 0 amide bonds. The molecule has 1 aliphatic rings. The van der Waals surface area contributed by atoms with E-state index in [0.29, 0.717) is 29.4 Å². The third kappa shape index (κ3) is 2.70. The zero-order valence-corrected chi connectivity index (χ0v) is 11.5. The van der Waals surface area contributed by atoms with Crippen LogP contribution in [0.25, 0.3) is 0 Å². The molecule has 0 radical (unpaired) electrons. The Morgan fingerprint density at radius 3 is 2.81 bits per heavy atom. The predicted octanol–water partition coefficient (Wildman–Crippen LogP) is 2.87. The lowest BCUT2D eigenvalue weighted by Crippen LogP contribution is -1.97. The Balaban J connectivity index is 1.72. The topological polar surface area (TPSA) is 60.7 Å². The van der Waals surface area contributed by atoms with Gasteiger partial charge in [-0.25, -0.2) is 0 Å². The van der Waals surface area contributed by atoms with Crippen LogP contribution in [0.4, 0.5) is 0 Å². The number of nitrogens with zero attached hydrogens (tertiary/aromatic N) is 1. The molecule has 0 unspecified atom stereocenters. The quantitative estimate of drug-likeness (QED) is 0.863. The third-order valence-corrected chi connectivity index (χ3v) is 3.14. The molecule has 0 fully saturated rings. The van der Waals surface area contributed by atoms with Crippen molar-refractivity contribution in [3.05, 3.63) is 47.5 Å². The zero-order chi connectivity index (χ0) is 14.7. The van der Waals surface area contributed by atoms with Crippen LogP contribution in [0.2, 0.25) is 0 Å². The fraction of sp³-hybridized carbons (Fsp3) is 0.188.